The van der Waals surface area contributed by atoms with Crippen LogP contribution in [0, 0.1) is 28.4 Å². The minimum Gasteiger partial charge on any atom is -0.495 e. The van der Waals surface area contributed by atoms with E-state index < -0.39 is 10.8 Å². The summed E-state index contributed by atoms with van der Waals surface area (Å²) in [5, 5.41) is 23.7. The first-order valence-electron chi connectivity index (χ1n) is 9.50. The quantitative estimate of drug-likeness (QED) is 0.219. The molecule has 0 saturated heterocycles. The van der Waals surface area contributed by atoms with E-state index in [9.17, 15) is 20.2 Å². The average Bonchev–Trinajstić information content (AvgIpc) is 2.79. The SMILES string of the molecule is COc1ccccc1NC(=O)/C(C#N)=C\c1ccc(Sc2ccc(C)cc2)c([N+](=O)[O-])c1. The van der Waals surface area contributed by atoms with Crippen molar-refractivity contribution in [3.05, 3.63) is 93.5 Å². The van der Waals surface area contributed by atoms with E-state index in [4.69, 9.17) is 4.74 Å². The maximum Gasteiger partial charge on any atom is 0.283 e. The van der Waals surface area contributed by atoms with Crippen LogP contribution in [-0.4, -0.2) is 17.9 Å². The van der Waals surface area contributed by atoms with Gasteiger partial charge in [-0.2, -0.15) is 5.26 Å². The first-order chi connectivity index (χ1) is 15.4. The van der Waals surface area contributed by atoms with Gasteiger partial charge >= 0.3 is 0 Å². The molecule has 3 aromatic rings. The van der Waals surface area contributed by atoms with E-state index >= 15 is 0 Å². The third-order valence-corrected chi connectivity index (χ3v) is 5.53. The largest absolute Gasteiger partial charge is 0.495 e. The van der Waals surface area contributed by atoms with E-state index in [1.165, 1.54) is 31.0 Å². The van der Waals surface area contributed by atoms with Crippen molar-refractivity contribution < 1.29 is 14.5 Å². The summed E-state index contributed by atoms with van der Waals surface area (Å²) in [6.07, 6.45) is 1.32. The molecule has 3 aromatic carbocycles. The highest BCUT2D eigenvalue weighted by atomic mass is 32.2. The fourth-order valence-corrected chi connectivity index (χ4v) is 3.74. The number of carbonyl (C=O) groups excluding carboxylic acids is 1. The Labute approximate surface area is 189 Å². The molecule has 0 atom stereocenters. The molecule has 0 fully saturated rings. The number of rotatable bonds is 7. The number of methoxy groups -OCH3 is 1. The lowest BCUT2D eigenvalue weighted by atomic mass is 10.1. The van der Waals surface area contributed by atoms with Gasteiger partial charge in [-0.25, -0.2) is 0 Å². The number of nitriles is 1. The van der Waals surface area contributed by atoms with E-state index in [1.807, 2.05) is 37.3 Å². The molecule has 0 unspecified atom stereocenters. The summed E-state index contributed by atoms with van der Waals surface area (Å²) in [5.41, 5.74) is 1.59. The molecule has 1 N–H and O–H groups in total. The molecule has 0 bridgehead atoms. The van der Waals surface area contributed by atoms with Gasteiger partial charge in [0, 0.05) is 11.0 Å². The van der Waals surface area contributed by atoms with Crippen LogP contribution in [0.1, 0.15) is 11.1 Å². The van der Waals surface area contributed by atoms with Gasteiger partial charge in [-0.15, -0.1) is 0 Å². The fourth-order valence-electron chi connectivity index (χ4n) is 2.84. The summed E-state index contributed by atoms with van der Waals surface area (Å²) in [6, 6.07) is 20.9. The van der Waals surface area contributed by atoms with Crippen LogP contribution >= 0.6 is 11.8 Å². The van der Waals surface area contributed by atoms with E-state index in [0.717, 1.165) is 10.5 Å². The number of aryl methyl sites for hydroxylation is 1. The normalized spacial score (nSPS) is 10.8. The summed E-state index contributed by atoms with van der Waals surface area (Å²) in [5.74, 6) is -0.191. The number of ether oxygens (including phenoxy) is 1. The molecular formula is C24H19N3O4S. The Balaban J connectivity index is 1.87. The molecule has 0 aliphatic carbocycles. The lowest BCUT2D eigenvalue weighted by molar-refractivity contribution is -0.387. The molecule has 0 radical (unpaired) electrons. The van der Waals surface area contributed by atoms with Crippen LogP contribution in [0.3, 0.4) is 0 Å². The molecule has 0 heterocycles. The third kappa shape index (κ3) is 5.53. The topological polar surface area (TPSA) is 105 Å². The number of nitrogens with zero attached hydrogens (tertiary/aromatic N) is 2. The second-order valence-electron chi connectivity index (χ2n) is 6.72. The zero-order valence-electron chi connectivity index (χ0n) is 17.4. The monoisotopic (exact) mass is 445 g/mol. The van der Waals surface area contributed by atoms with E-state index in [0.29, 0.717) is 21.9 Å². The fraction of sp³-hybridized carbons (Fsp3) is 0.0833. The summed E-state index contributed by atoms with van der Waals surface area (Å²) in [4.78, 5) is 25.1. The predicted octanol–water partition coefficient (Wildman–Crippen LogP) is 5.61. The van der Waals surface area contributed by atoms with Crippen molar-refractivity contribution >= 4 is 35.1 Å². The van der Waals surface area contributed by atoms with Crippen LogP contribution in [0.5, 0.6) is 5.75 Å². The number of nitro groups is 1. The van der Waals surface area contributed by atoms with E-state index in [-0.39, 0.29) is 11.3 Å². The summed E-state index contributed by atoms with van der Waals surface area (Å²) < 4.78 is 5.19. The van der Waals surface area contributed by atoms with Crippen molar-refractivity contribution in [2.45, 2.75) is 16.7 Å². The molecule has 32 heavy (non-hydrogen) atoms. The molecule has 0 spiro atoms. The smallest absolute Gasteiger partial charge is 0.283 e. The van der Waals surface area contributed by atoms with Crippen LogP contribution in [0.2, 0.25) is 0 Å². The van der Waals surface area contributed by atoms with Gasteiger partial charge in [0.2, 0.25) is 0 Å². The summed E-state index contributed by atoms with van der Waals surface area (Å²) >= 11 is 1.28. The number of nitro benzene ring substituents is 1. The number of carbonyl (C=O) groups is 1. The van der Waals surface area contributed by atoms with Gasteiger partial charge in [0.05, 0.1) is 22.6 Å². The Bertz CT molecular complexity index is 1230. The molecule has 0 saturated carbocycles. The van der Waals surface area contributed by atoms with Gasteiger partial charge in [-0.05, 0) is 48.9 Å². The Morgan fingerprint density at radius 3 is 2.53 bits per heavy atom. The highest BCUT2D eigenvalue weighted by Crippen LogP contribution is 2.36. The average molecular weight is 446 g/mol. The van der Waals surface area contributed by atoms with Gasteiger partial charge in [0.25, 0.3) is 11.6 Å². The molecule has 0 aliphatic rings. The van der Waals surface area contributed by atoms with Crippen molar-refractivity contribution in [3.8, 4) is 11.8 Å². The van der Waals surface area contributed by atoms with E-state index in [1.54, 1.807) is 36.4 Å². The number of para-hydroxylation sites is 2. The standard InChI is InChI=1S/C24H19N3O4S/c1-16-7-10-19(11-8-16)32-23-12-9-17(14-21(23)27(29)30)13-18(15-25)24(28)26-20-5-3-4-6-22(20)31-2/h3-14H,1-2H3,(H,26,28)/b18-13-. The van der Waals surface area contributed by atoms with Crippen LogP contribution in [0.4, 0.5) is 11.4 Å². The van der Waals surface area contributed by atoms with Crippen molar-refractivity contribution in [2.24, 2.45) is 0 Å². The molecule has 7 nitrogen and oxygen atoms in total. The summed E-state index contributed by atoms with van der Waals surface area (Å²) in [6.45, 7) is 1.97. The Morgan fingerprint density at radius 1 is 1.16 bits per heavy atom. The number of nitrogens with one attached hydrogen (secondary N) is 1. The van der Waals surface area contributed by atoms with Gasteiger partial charge < -0.3 is 10.1 Å². The van der Waals surface area contributed by atoms with Crippen molar-refractivity contribution in [2.75, 3.05) is 12.4 Å². The molecule has 8 heteroatoms. The number of amides is 1. The van der Waals surface area contributed by atoms with Crippen LogP contribution < -0.4 is 10.1 Å². The Morgan fingerprint density at radius 2 is 1.88 bits per heavy atom. The Kier molecular flexibility index (Phi) is 7.26. The zero-order chi connectivity index (χ0) is 23.1. The predicted molar refractivity (Wildman–Crippen MR) is 124 cm³/mol. The lowest BCUT2D eigenvalue weighted by Crippen LogP contribution is -2.14. The number of hydrogen-bond donors (Lipinski definition) is 1. The molecule has 0 aliphatic heterocycles. The number of anilines is 1. The van der Waals surface area contributed by atoms with Crippen molar-refractivity contribution in [1.29, 1.82) is 5.26 Å². The molecular weight excluding hydrogens is 426 g/mol. The zero-order valence-corrected chi connectivity index (χ0v) is 18.2. The van der Waals surface area contributed by atoms with Crippen LogP contribution in [-0.2, 0) is 4.79 Å². The first kappa shape index (κ1) is 22.6. The first-order valence-corrected chi connectivity index (χ1v) is 10.3. The highest BCUT2D eigenvalue weighted by molar-refractivity contribution is 7.99. The molecule has 0 aromatic heterocycles. The van der Waals surface area contributed by atoms with Gasteiger partial charge in [-0.1, -0.05) is 47.7 Å². The maximum atomic E-state index is 12.6. The van der Waals surface area contributed by atoms with Gasteiger partial charge in [0.15, 0.2) is 0 Å². The maximum absolute atomic E-state index is 12.6. The minimum absolute atomic E-state index is 0.105. The van der Waals surface area contributed by atoms with Gasteiger partial charge in [0.1, 0.15) is 17.4 Å². The molecule has 3 rings (SSSR count). The second kappa shape index (κ2) is 10.3. The van der Waals surface area contributed by atoms with Crippen molar-refractivity contribution in [3.63, 3.8) is 0 Å². The Hall–Kier alpha value is -4.09. The third-order valence-electron chi connectivity index (χ3n) is 4.46. The van der Waals surface area contributed by atoms with Crippen LogP contribution in [0.25, 0.3) is 6.08 Å². The number of hydrogen-bond acceptors (Lipinski definition) is 6. The van der Waals surface area contributed by atoms with Gasteiger partial charge in [-0.3, -0.25) is 14.9 Å². The van der Waals surface area contributed by atoms with E-state index in [2.05, 4.69) is 5.32 Å². The molecule has 160 valence electrons. The van der Waals surface area contributed by atoms with Crippen molar-refractivity contribution in [1.82, 2.24) is 0 Å². The highest BCUT2D eigenvalue weighted by Gasteiger charge is 2.17. The lowest BCUT2D eigenvalue weighted by Gasteiger charge is -2.09. The second-order valence-corrected chi connectivity index (χ2v) is 7.84. The summed E-state index contributed by atoms with van der Waals surface area (Å²) in [7, 11) is 1.47. The number of benzene rings is 3. The van der Waals surface area contributed by atoms with Crippen LogP contribution in [0.15, 0.2) is 82.1 Å². The molecule has 1 amide bonds. The minimum atomic E-state index is -0.641.